The van der Waals surface area contributed by atoms with Crippen LogP contribution in [0.5, 0.6) is 11.5 Å². The van der Waals surface area contributed by atoms with Gasteiger partial charge in [0.05, 0.1) is 27.4 Å². The van der Waals surface area contributed by atoms with Crippen LogP contribution in [-0.4, -0.2) is 22.8 Å². The van der Waals surface area contributed by atoms with Gasteiger partial charge in [0.2, 0.25) is 0 Å². The molecule has 1 amide bonds. The van der Waals surface area contributed by atoms with Crippen LogP contribution in [0.15, 0.2) is 75.0 Å². The minimum absolute atomic E-state index is 0.0369. The van der Waals surface area contributed by atoms with Gasteiger partial charge in [0.25, 0.3) is 5.91 Å². The van der Waals surface area contributed by atoms with Gasteiger partial charge in [-0.05, 0) is 107 Å². The van der Waals surface area contributed by atoms with Gasteiger partial charge in [-0.25, -0.2) is 4.99 Å². The highest BCUT2D eigenvalue weighted by Gasteiger charge is 2.35. The normalized spacial score (nSPS) is 15.9. The van der Waals surface area contributed by atoms with E-state index in [1.165, 1.54) is 22.9 Å². The maximum absolute atomic E-state index is 13.6. The molecule has 0 aliphatic carbocycles. The van der Waals surface area contributed by atoms with E-state index in [9.17, 15) is 9.90 Å². The van der Waals surface area contributed by atoms with Crippen LogP contribution in [0.3, 0.4) is 0 Å². The molecule has 7 heteroatoms. The number of rotatable bonds is 7. The van der Waals surface area contributed by atoms with Gasteiger partial charge in [-0.1, -0.05) is 38.1 Å². The van der Waals surface area contributed by atoms with E-state index in [1.54, 1.807) is 23.1 Å². The molecule has 35 heavy (non-hydrogen) atoms. The molecule has 0 atom stereocenters. The molecule has 0 saturated carbocycles. The van der Waals surface area contributed by atoms with Gasteiger partial charge in [0, 0.05) is 0 Å². The Labute approximate surface area is 218 Å². The number of phenolic OH excluding ortho intramolecular Hbond substituents is 1. The number of carbonyl (C=O) groups excluding carboxylic acids is 1. The lowest BCUT2D eigenvalue weighted by molar-refractivity contribution is -0.113. The van der Waals surface area contributed by atoms with Crippen LogP contribution in [-0.2, 0) is 17.6 Å². The zero-order valence-electron chi connectivity index (χ0n) is 19.9. The topological polar surface area (TPSA) is 62.1 Å². The highest BCUT2D eigenvalue weighted by Crippen LogP contribution is 2.40. The van der Waals surface area contributed by atoms with Gasteiger partial charge in [0.1, 0.15) is 0 Å². The summed E-state index contributed by atoms with van der Waals surface area (Å²) in [5, 5.41) is 10.8. The second-order valence-corrected chi connectivity index (χ2v) is 9.83. The van der Waals surface area contributed by atoms with Crippen molar-refractivity contribution in [2.75, 3.05) is 11.5 Å². The van der Waals surface area contributed by atoms with Crippen molar-refractivity contribution in [1.82, 2.24) is 0 Å². The monoisotopic (exact) mass is 550 g/mol. The average Bonchev–Trinajstić information content (AvgIpc) is 3.17. The molecular weight excluding hydrogens is 524 g/mol. The van der Waals surface area contributed by atoms with Crippen molar-refractivity contribution in [2.24, 2.45) is 4.99 Å². The number of halogens is 1. The average molecular weight is 552 g/mol. The van der Waals surface area contributed by atoms with Crippen molar-refractivity contribution in [2.45, 2.75) is 33.6 Å². The number of anilines is 1. The number of nitrogens with zero attached hydrogens (tertiary/aromatic N) is 2. The maximum Gasteiger partial charge on any atom is 0.271 e. The molecule has 0 bridgehead atoms. The van der Waals surface area contributed by atoms with Crippen LogP contribution in [0.25, 0.3) is 6.08 Å². The molecule has 0 aromatic heterocycles. The number of aryl methyl sites for hydroxylation is 2. The maximum atomic E-state index is 13.6. The Balaban J connectivity index is 1.76. The molecule has 1 saturated heterocycles. The second kappa shape index (κ2) is 11.1. The summed E-state index contributed by atoms with van der Waals surface area (Å²) in [5.74, 6) is 0.251. The molecule has 1 N–H and O–H groups in total. The third kappa shape index (κ3) is 5.63. The molecule has 1 heterocycles. The van der Waals surface area contributed by atoms with Crippen molar-refractivity contribution in [3.05, 3.63) is 86.7 Å². The molecule has 1 aliphatic heterocycles. The Morgan fingerprint density at radius 1 is 1.00 bits per heavy atom. The first-order valence-electron chi connectivity index (χ1n) is 11.6. The summed E-state index contributed by atoms with van der Waals surface area (Å²) < 4.78 is 6.05. The minimum atomic E-state index is -0.148. The number of aliphatic imine (C=N–C) groups is 1. The van der Waals surface area contributed by atoms with Crippen molar-refractivity contribution < 1.29 is 14.6 Å². The molecule has 0 unspecified atom stereocenters. The quantitative estimate of drug-likeness (QED) is 0.309. The van der Waals surface area contributed by atoms with Crippen LogP contribution in [0, 0.1) is 0 Å². The Kier molecular flexibility index (Phi) is 7.98. The lowest BCUT2D eigenvalue weighted by Gasteiger charge is -2.16. The van der Waals surface area contributed by atoms with E-state index >= 15 is 0 Å². The number of ether oxygens (including phenoxy) is 1. The summed E-state index contributed by atoms with van der Waals surface area (Å²) in [6, 6.07) is 19.5. The molecular formula is C28H27BrN2O3S. The van der Waals surface area contributed by atoms with Gasteiger partial charge < -0.3 is 9.84 Å². The number of benzene rings is 3. The zero-order chi connectivity index (χ0) is 24.9. The molecule has 3 aromatic carbocycles. The fourth-order valence-corrected chi connectivity index (χ4v) is 5.13. The van der Waals surface area contributed by atoms with E-state index in [4.69, 9.17) is 9.73 Å². The van der Waals surface area contributed by atoms with E-state index in [1.807, 2.05) is 43.3 Å². The molecule has 0 radical (unpaired) electrons. The first-order valence-corrected chi connectivity index (χ1v) is 13.2. The van der Waals surface area contributed by atoms with Crippen molar-refractivity contribution in [3.63, 3.8) is 0 Å². The standard InChI is InChI=1S/C28H27BrN2O3S/c1-4-18-7-11-21(12-8-18)30-28-31(22-13-9-19(5-2)10-14-22)27(33)25(35-28)17-20-15-23(29)26(32)24(16-20)34-6-3/h7-17,32H,4-6H2,1-3H3/b25-17-,30-28?. The molecule has 1 fully saturated rings. The second-order valence-electron chi connectivity index (χ2n) is 7.97. The highest BCUT2D eigenvalue weighted by atomic mass is 79.9. The Morgan fingerprint density at radius 3 is 2.23 bits per heavy atom. The number of thioether (sulfide) groups is 1. The first-order chi connectivity index (χ1) is 16.9. The Morgan fingerprint density at radius 2 is 1.63 bits per heavy atom. The van der Waals surface area contributed by atoms with Gasteiger partial charge in [0.15, 0.2) is 16.7 Å². The van der Waals surface area contributed by atoms with Crippen molar-refractivity contribution >= 4 is 56.2 Å². The third-order valence-electron chi connectivity index (χ3n) is 5.63. The number of aromatic hydroxyl groups is 1. The third-order valence-corrected chi connectivity index (χ3v) is 7.20. The van der Waals surface area contributed by atoms with Gasteiger partial charge in [-0.3, -0.25) is 9.69 Å². The van der Waals surface area contributed by atoms with Crippen molar-refractivity contribution in [3.8, 4) is 11.5 Å². The SMILES string of the molecule is CCOc1cc(/C=C2\SC(=Nc3ccc(CC)cc3)N(c3ccc(CC)cc3)C2=O)cc(Br)c1O. The number of hydrogen-bond acceptors (Lipinski definition) is 5. The highest BCUT2D eigenvalue weighted by molar-refractivity contribution is 9.10. The first kappa shape index (κ1) is 25.1. The zero-order valence-corrected chi connectivity index (χ0v) is 22.3. The number of hydrogen-bond donors (Lipinski definition) is 1. The predicted molar refractivity (Wildman–Crippen MR) is 149 cm³/mol. The molecule has 0 spiro atoms. The van der Waals surface area contributed by atoms with E-state index < -0.39 is 0 Å². The summed E-state index contributed by atoms with van der Waals surface area (Å²) in [6.07, 6.45) is 3.69. The summed E-state index contributed by atoms with van der Waals surface area (Å²) >= 11 is 4.71. The summed E-state index contributed by atoms with van der Waals surface area (Å²) in [4.78, 5) is 20.6. The fourth-order valence-electron chi connectivity index (χ4n) is 3.67. The van der Waals surface area contributed by atoms with Crippen LogP contribution in [0.1, 0.15) is 37.5 Å². The van der Waals surface area contributed by atoms with Gasteiger partial charge in [-0.2, -0.15) is 0 Å². The number of carbonyl (C=O) groups is 1. The van der Waals surface area contributed by atoms with E-state index in [0.717, 1.165) is 29.8 Å². The summed E-state index contributed by atoms with van der Waals surface area (Å²) in [5.41, 5.74) is 4.74. The lowest BCUT2D eigenvalue weighted by atomic mass is 10.1. The smallest absolute Gasteiger partial charge is 0.271 e. The Hall–Kier alpha value is -3.03. The van der Waals surface area contributed by atoms with Gasteiger partial charge >= 0.3 is 0 Å². The number of phenols is 1. The van der Waals surface area contributed by atoms with Crippen molar-refractivity contribution in [1.29, 1.82) is 0 Å². The largest absolute Gasteiger partial charge is 0.503 e. The molecule has 4 rings (SSSR count). The molecule has 1 aliphatic rings. The lowest BCUT2D eigenvalue weighted by Crippen LogP contribution is -2.28. The molecule has 5 nitrogen and oxygen atoms in total. The van der Waals surface area contributed by atoms with E-state index in [0.29, 0.717) is 26.9 Å². The fraction of sp³-hybridized carbons (Fsp3) is 0.214. The Bertz CT molecular complexity index is 1280. The predicted octanol–water partition coefficient (Wildman–Crippen LogP) is 7.49. The molecule has 180 valence electrons. The van der Waals surface area contributed by atoms with E-state index in [2.05, 4.69) is 41.9 Å². The number of amidine groups is 1. The molecule has 3 aromatic rings. The van der Waals surface area contributed by atoms with Gasteiger partial charge in [-0.15, -0.1) is 0 Å². The van der Waals surface area contributed by atoms with E-state index in [-0.39, 0.29) is 11.7 Å². The number of amides is 1. The summed E-state index contributed by atoms with van der Waals surface area (Å²) in [6.45, 7) is 6.49. The van der Waals surface area contributed by atoms with Crippen LogP contribution < -0.4 is 9.64 Å². The summed E-state index contributed by atoms with van der Waals surface area (Å²) in [7, 11) is 0. The van der Waals surface area contributed by atoms with Crippen LogP contribution in [0.4, 0.5) is 11.4 Å². The van der Waals surface area contributed by atoms with Crippen LogP contribution in [0.2, 0.25) is 0 Å². The van der Waals surface area contributed by atoms with Crippen LogP contribution >= 0.6 is 27.7 Å². The minimum Gasteiger partial charge on any atom is -0.503 e.